The monoisotopic (exact) mass is 345 g/mol. The molecule has 1 unspecified atom stereocenters. The molecule has 1 atom stereocenters. The summed E-state index contributed by atoms with van der Waals surface area (Å²) in [5, 5.41) is 4.15. The zero-order valence-corrected chi connectivity index (χ0v) is 14.3. The Balaban J connectivity index is 1.40. The van der Waals surface area contributed by atoms with Crippen molar-refractivity contribution in [1.82, 2.24) is 14.7 Å². The van der Waals surface area contributed by atoms with Gasteiger partial charge in [0.1, 0.15) is 11.6 Å². The Morgan fingerprint density at radius 2 is 2.16 bits per heavy atom. The zero-order chi connectivity index (χ0) is 17.5. The number of likely N-dealkylation sites (tertiary alicyclic amines) is 1. The first-order chi connectivity index (χ1) is 12.2. The van der Waals surface area contributed by atoms with E-state index < -0.39 is 0 Å². The number of piperidine rings is 1. The first-order valence-corrected chi connectivity index (χ1v) is 8.84. The second-order valence-electron chi connectivity index (χ2n) is 6.49. The van der Waals surface area contributed by atoms with E-state index in [1.807, 2.05) is 21.8 Å². The van der Waals surface area contributed by atoms with Gasteiger partial charge < -0.3 is 9.64 Å². The van der Waals surface area contributed by atoms with Crippen LogP contribution in [0.5, 0.6) is 5.75 Å². The van der Waals surface area contributed by atoms with Crippen molar-refractivity contribution in [2.24, 2.45) is 5.92 Å². The molecule has 2 heterocycles. The highest BCUT2D eigenvalue weighted by Crippen LogP contribution is 2.20. The lowest BCUT2D eigenvalue weighted by Crippen LogP contribution is -2.41. The summed E-state index contributed by atoms with van der Waals surface area (Å²) in [7, 11) is 0. The van der Waals surface area contributed by atoms with Gasteiger partial charge in [-0.2, -0.15) is 5.10 Å². The molecular weight excluding hydrogens is 321 g/mol. The highest BCUT2D eigenvalue weighted by Gasteiger charge is 2.23. The van der Waals surface area contributed by atoms with Crippen LogP contribution in [0.4, 0.5) is 4.39 Å². The standard InChI is InChI=1S/C19H24FN3O2/c20-17-6-8-18(9-7-17)25-15-16-4-1-11-22(14-16)19(24)5-2-12-23-13-3-10-21-23/h3,6-10,13,16H,1-2,4-5,11-12,14-15H2. The van der Waals surface area contributed by atoms with Crippen molar-refractivity contribution < 1.29 is 13.9 Å². The third-order valence-corrected chi connectivity index (χ3v) is 4.51. The van der Waals surface area contributed by atoms with Gasteiger partial charge in [0.15, 0.2) is 0 Å². The average Bonchev–Trinajstić information content (AvgIpc) is 3.15. The number of carbonyl (C=O) groups excluding carboxylic acids is 1. The van der Waals surface area contributed by atoms with Gasteiger partial charge >= 0.3 is 0 Å². The molecule has 2 aromatic rings. The molecule has 0 saturated carbocycles. The van der Waals surface area contributed by atoms with Gasteiger partial charge in [-0.15, -0.1) is 0 Å². The number of hydrogen-bond donors (Lipinski definition) is 0. The molecule has 1 aromatic carbocycles. The summed E-state index contributed by atoms with van der Waals surface area (Å²) >= 11 is 0. The maximum absolute atomic E-state index is 12.9. The lowest BCUT2D eigenvalue weighted by molar-refractivity contribution is -0.133. The first-order valence-electron chi connectivity index (χ1n) is 8.84. The van der Waals surface area contributed by atoms with E-state index in [1.165, 1.54) is 12.1 Å². The molecule has 3 rings (SSSR count). The van der Waals surface area contributed by atoms with Crippen molar-refractivity contribution in [3.05, 3.63) is 48.5 Å². The minimum Gasteiger partial charge on any atom is -0.493 e. The van der Waals surface area contributed by atoms with E-state index in [4.69, 9.17) is 4.74 Å². The van der Waals surface area contributed by atoms with Crippen molar-refractivity contribution in [1.29, 1.82) is 0 Å². The lowest BCUT2D eigenvalue weighted by atomic mass is 9.98. The predicted molar refractivity (Wildman–Crippen MR) is 92.7 cm³/mol. The number of ether oxygens (including phenoxy) is 1. The van der Waals surface area contributed by atoms with Crippen LogP contribution in [-0.4, -0.2) is 40.3 Å². The third-order valence-electron chi connectivity index (χ3n) is 4.51. The van der Waals surface area contributed by atoms with Crippen LogP contribution >= 0.6 is 0 Å². The summed E-state index contributed by atoms with van der Waals surface area (Å²) in [5.41, 5.74) is 0. The molecule has 1 aliphatic rings. The number of nitrogens with zero attached hydrogens (tertiary/aromatic N) is 3. The Morgan fingerprint density at radius 3 is 2.92 bits per heavy atom. The van der Waals surface area contributed by atoms with Crippen LogP contribution in [0.1, 0.15) is 25.7 Å². The average molecular weight is 345 g/mol. The summed E-state index contributed by atoms with van der Waals surface area (Å²) in [4.78, 5) is 14.3. The summed E-state index contributed by atoms with van der Waals surface area (Å²) in [5.74, 6) is 0.938. The number of aromatic nitrogens is 2. The fourth-order valence-corrected chi connectivity index (χ4v) is 3.16. The van der Waals surface area contributed by atoms with Crippen LogP contribution < -0.4 is 4.74 Å². The second-order valence-corrected chi connectivity index (χ2v) is 6.49. The number of aryl methyl sites for hydroxylation is 1. The van der Waals surface area contributed by atoms with Gasteiger partial charge in [0, 0.05) is 44.4 Å². The number of rotatable bonds is 7. The molecule has 6 heteroatoms. The molecule has 1 fully saturated rings. The van der Waals surface area contributed by atoms with Crippen molar-refractivity contribution in [2.45, 2.75) is 32.2 Å². The molecule has 0 N–H and O–H groups in total. The van der Waals surface area contributed by atoms with E-state index in [0.29, 0.717) is 24.7 Å². The smallest absolute Gasteiger partial charge is 0.222 e. The fraction of sp³-hybridized carbons (Fsp3) is 0.474. The second kappa shape index (κ2) is 8.65. The van der Waals surface area contributed by atoms with Crippen LogP contribution in [0.15, 0.2) is 42.7 Å². The van der Waals surface area contributed by atoms with Crippen LogP contribution in [0.25, 0.3) is 0 Å². The number of carbonyl (C=O) groups is 1. The van der Waals surface area contributed by atoms with Gasteiger partial charge in [-0.25, -0.2) is 4.39 Å². The summed E-state index contributed by atoms with van der Waals surface area (Å²) in [6.07, 6.45) is 7.06. The third kappa shape index (κ3) is 5.31. The minimum atomic E-state index is -0.267. The highest BCUT2D eigenvalue weighted by atomic mass is 19.1. The summed E-state index contributed by atoms with van der Waals surface area (Å²) < 4.78 is 20.5. The maximum Gasteiger partial charge on any atom is 0.222 e. The Bertz CT molecular complexity index is 658. The largest absolute Gasteiger partial charge is 0.493 e. The molecule has 0 bridgehead atoms. The predicted octanol–water partition coefficient (Wildman–Crippen LogP) is 3.12. The van der Waals surface area contributed by atoms with Crippen molar-refractivity contribution >= 4 is 5.91 Å². The first kappa shape index (κ1) is 17.5. The molecule has 0 radical (unpaired) electrons. The van der Waals surface area contributed by atoms with Crippen LogP contribution in [-0.2, 0) is 11.3 Å². The molecule has 1 aliphatic heterocycles. The Kier molecular flexibility index (Phi) is 6.04. The van der Waals surface area contributed by atoms with E-state index in [0.717, 1.165) is 38.9 Å². The number of hydrogen-bond acceptors (Lipinski definition) is 3. The normalized spacial score (nSPS) is 17.5. The molecule has 1 saturated heterocycles. The van der Waals surface area contributed by atoms with Gasteiger partial charge in [0.2, 0.25) is 5.91 Å². The zero-order valence-electron chi connectivity index (χ0n) is 14.3. The number of amides is 1. The molecule has 1 aromatic heterocycles. The molecule has 5 nitrogen and oxygen atoms in total. The fourth-order valence-electron chi connectivity index (χ4n) is 3.16. The molecule has 134 valence electrons. The van der Waals surface area contributed by atoms with Crippen LogP contribution in [0.3, 0.4) is 0 Å². The van der Waals surface area contributed by atoms with E-state index in [9.17, 15) is 9.18 Å². The van der Waals surface area contributed by atoms with Gasteiger partial charge in [-0.05, 0) is 49.6 Å². The Labute approximate surface area is 147 Å². The summed E-state index contributed by atoms with van der Waals surface area (Å²) in [6.45, 7) is 2.89. The molecule has 25 heavy (non-hydrogen) atoms. The topological polar surface area (TPSA) is 47.4 Å². The molecule has 0 spiro atoms. The number of benzene rings is 1. The van der Waals surface area contributed by atoms with Crippen molar-refractivity contribution in [2.75, 3.05) is 19.7 Å². The molecule has 0 aliphatic carbocycles. The number of halogens is 1. The van der Waals surface area contributed by atoms with Crippen LogP contribution in [0.2, 0.25) is 0 Å². The highest BCUT2D eigenvalue weighted by molar-refractivity contribution is 5.76. The van der Waals surface area contributed by atoms with Crippen molar-refractivity contribution in [3.63, 3.8) is 0 Å². The maximum atomic E-state index is 12.9. The van der Waals surface area contributed by atoms with Gasteiger partial charge in [0.25, 0.3) is 0 Å². The van der Waals surface area contributed by atoms with Crippen molar-refractivity contribution in [3.8, 4) is 5.75 Å². The van der Waals surface area contributed by atoms with E-state index in [-0.39, 0.29) is 11.7 Å². The Morgan fingerprint density at radius 1 is 1.32 bits per heavy atom. The van der Waals surface area contributed by atoms with Gasteiger partial charge in [-0.1, -0.05) is 0 Å². The summed E-state index contributed by atoms with van der Waals surface area (Å²) in [6, 6.07) is 7.95. The SMILES string of the molecule is O=C(CCCn1cccn1)N1CCCC(COc2ccc(F)cc2)C1. The van der Waals surface area contributed by atoms with Gasteiger partial charge in [-0.3, -0.25) is 9.48 Å². The van der Waals surface area contributed by atoms with E-state index >= 15 is 0 Å². The molecule has 1 amide bonds. The van der Waals surface area contributed by atoms with Gasteiger partial charge in [0.05, 0.1) is 6.61 Å². The Hall–Kier alpha value is -2.37. The van der Waals surface area contributed by atoms with E-state index in [1.54, 1.807) is 18.3 Å². The minimum absolute atomic E-state index is 0.207. The lowest BCUT2D eigenvalue weighted by Gasteiger charge is -2.32. The van der Waals surface area contributed by atoms with E-state index in [2.05, 4.69) is 5.10 Å². The quantitative estimate of drug-likeness (QED) is 0.775. The van der Waals surface area contributed by atoms with Crippen LogP contribution in [0, 0.1) is 11.7 Å². The molecular formula is C19H24FN3O2.